The molecule has 0 saturated heterocycles. The number of aliphatic hydroxyl groups excluding tert-OH is 1. The van der Waals surface area contributed by atoms with E-state index >= 15 is 0 Å². The number of urea groups is 1. The number of carbonyl (C=O) groups excluding carboxylic acids is 1. The Hall–Kier alpha value is -1.79. The van der Waals surface area contributed by atoms with Gasteiger partial charge in [-0.05, 0) is 30.5 Å². The van der Waals surface area contributed by atoms with Gasteiger partial charge in [0.05, 0.1) is 25.4 Å². The first-order valence-electron chi connectivity index (χ1n) is 6.77. The Morgan fingerprint density at radius 1 is 1.30 bits per heavy atom. The van der Waals surface area contributed by atoms with Crippen LogP contribution >= 0.6 is 0 Å². The van der Waals surface area contributed by atoms with Gasteiger partial charge in [-0.25, -0.2) is 4.79 Å². The molecule has 6 heteroatoms. The molecular formula is C14H21N3O3. The average molecular weight is 279 g/mol. The van der Waals surface area contributed by atoms with Gasteiger partial charge in [0.25, 0.3) is 0 Å². The quantitative estimate of drug-likeness (QED) is 0.433. The van der Waals surface area contributed by atoms with Crippen molar-refractivity contribution in [2.45, 2.75) is 18.4 Å². The van der Waals surface area contributed by atoms with E-state index in [1.165, 1.54) is 0 Å². The van der Waals surface area contributed by atoms with Gasteiger partial charge in [0.1, 0.15) is 0 Å². The zero-order valence-electron chi connectivity index (χ0n) is 11.4. The minimum Gasteiger partial charge on any atom is -0.399 e. The lowest BCUT2D eigenvalue weighted by molar-refractivity contribution is 0.0946. The standard InChI is InChI=1S/C14H21N3O3/c15-12-3-1-11(2-4-12)14(5-6-14)17-13(19)16-7-9-20-10-8-18/h1-4,18H,5-10,15H2,(H2,16,17,19). The molecule has 0 aliphatic heterocycles. The Morgan fingerprint density at radius 3 is 2.60 bits per heavy atom. The lowest BCUT2D eigenvalue weighted by Crippen LogP contribution is -2.43. The van der Waals surface area contributed by atoms with Crippen LogP contribution in [0.15, 0.2) is 24.3 Å². The van der Waals surface area contributed by atoms with E-state index in [1.54, 1.807) is 0 Å². The third kappa shape index (κ3) is 3.85. The van der Waals surface area contributed by atoms with Gasteiger partial charge < -0.3 is 26.2 Å². The van der Waals surface area contributed by atoms with Gasteiger partial charge >= 0.3 is 6.03 Å². The molecule has 1 aromatic carbocycles. The summed E-state index contributed by atoms with van der Waals surface area (Å²) >= 11 is 0. The van der Waals surface area contributed by atoms with E-state index in [0.29, 0.717) is 19.8 Å². The highest BCUT2D eigenvalue weighted by atomic mass is 16.5. The number of carbonyl (C=O) groups is 1. The van der Waals surface area contributed by atoms with E-state index in [4.69, 9.17) is 15.6 Å². The predicted octanol–water partition coefficient (Wildman–Crippen LogP) is 0.566. The van der Waals surface area contributed by atoms with Crippen LogP contribution in [0.3, 0.4) is 0 Å². The van der Waals surface area contributed by atoms with Crippen LogP contribution in [-0.2, 0) is 10.3 Å². The molecule has 2 rings (SSSR count). The van der Waals surface area contributed by atoms with Crippen LogP contribution in [0.1, 0.15) is 18.4 Å². The first kappa shape index (κ1) is 14.6. The van der Waals surface area contributed by atoms with Crippen molar-refractivity contribution < 1.29 is 14.6 Å². The van der Waals surface area contributed by atoms with E-state index in [9.17, 15) is 4.79 Å². The van der Waals surface area contributed by atoms with Crippen LogP contribution in [0, 0.1) is 0 Å². The second-order valence-electron chi connectivity index (χ2n) is 4.92. The molecule has 0 bridgehead atoms. The number of nitrogen functional groups attached to an aromatic ring is 1. The van der Waals surface area contributed by atoms with E-state index in [2.05, 4.69) is 10.6 Å². The minimum absolute atomic E-state index is 0.00749. The molecule has 0 heterocycles. The SMILES string of the molecule is Nc1ccc(C2(NC(=O)NCCOCCO)CC2)cc1. The summed E-state index contributed by atoms with van der Waals surface area (Å²) in [7, 11) is 0. The summed E-state index contributed by atoms with van der Waals surface area (Å²) in [5.74, 6) is 0. The Kier molecular flexibility index (Phi) is 4.81. The van der Waals surface area contributed by atoms with Gasteiger partial charge in [-0.3, -0.25) is 0 Å². The van der Waals surface area contributed by atoms with Crippen molar-refractivity contribution in [2.24, 2.45) is 0 Å². The highest BCUT2D eigenvalue weighted by Crippen LogP contribution is 2.45. The Balaban J connectivity index is 1.77. The largest absolute Gasteiger partial charge is 0.399 e. The number of amides is 2. The van der Waals surface area contributed by atoms with Crippen molar-refractivity contribution in [2.75, 3.05) is 32.1 Å². The summed E-state index contributed by atoms with van der Waals surface area (Å²) in [5, 5.41) is 14.3. The number of anilines is 1. The molecule has 0 radical (unpaired) electrons. The average Bonchev–Trinajstić information content (AvgIpc) is 3.20. The summed E-state index contributed by atoms with van der Waals surface area (Å²) in [5.41, 5.74) is 7.22. The van der Waals surface area contributed by atoms with Gasteiger partial charge in [0.15, 0.2) is 0 Å². The van der Waals surface area contributed by atoms with Gasteiger partial charge in [0.2, 0.25) is 0 Å². The number of benzene rings is 1. The van der Waals surface area contributed by atoms with Crippen molar-refractivity contribution in [1.82, 2.24) is 10.6 Å². The molecule has 20 heavy (non-hydrogen) atoms. The molecule has 2 amide bonds. The second kappa shape index (κ2) is 6.58. The zero-order chi connectivity index (χ0) is 14.4. The molecule has 1 saturated carbocycles. The second-order valence-corrected chi connectivity index (χ2v) is 4.92. The van der Waals surface area contributed by atoms with Gasteiger partial charge in [-0.2, -0.15) is 0 Å². The molecule has 0 spiro atoms. The normalized spacial score (nSPS) is 15.7. The molecule has 0 atom stereocenters. The maximum atomic E-state index is 11.8. The number of nitrogens with one attached hydrogen (secondary N) is 2. The van der Waals surface area contributed by atoms with Gasteiger partial charge in [0, 0.05) is 12.2 Å². The van der Waals surface area contributed by atoms with Gasteiger partial charge in [-0.15, -0.1) is 0 Å². The lowest BCUT2D eigenvalue weighted by atomic mass is 10.0. The van der Waals surface area contributed by atoms with Crippen LogP contribution in [0.5, 0.6) is 0 Å². The molecule has 0 unspecified atom stereocenters. The van der Waals surface area contributed by atoms with E-state index < -0.39 is 0 Å². The molecule has 0 aromatic heterocycles. The van der Waals surface area contributed by atoms with Crippen molar-refractivity contribution in [3.05, 3.63) is 29.8 Å². The fourth-order valence-electron chi connectivity index (χ4n) is 2.08. The van der Waals surface area contributed by atoms with E-state index in [0.717, 1.165) is 24.1 Å². The minimum atomic E-state index is -0.246. The van der Waals surface area contributed by atoms with Crippen LogP contribution in [0.25, 0.3) is 0 Å². The molecule has 1 aromatic rings. The number of ether oxygens (including phenoxy) is 1. The number of nitrogens with two attached hydrogens (primary N) is 1. The molecule has 1 fully saturated rings. The van der Waals surface area contributed by atoms with Crippen LogP contribution in [-0.4, -0.2) is 37.5 Å². The first-order valence-corrected chi connectivity index (χ1v) is 6.77. The fourth-order valence-corrected chi connectivity index (χ4v) is 2.08. The molecule has 5 N–H and O–H groups in total. The maximum absolute atomic E-state index is 11.8. The zero-order valence-corrected chi connectivity index (χ0v) is 11.4. The Morgan fingerprint density at radius 2 is 2.00 bits per heavy atom. The van der Waals surface area contributed by atoms with Crippen molar-refractivity contribution >= 4 is 11.7 Å². The Bertz CT molecular complexity index is 443. The van der Waals surface area contributed by atoms with Crippen molar-refractivity contribution in [3.63, 3.8) is 0 Å². The van der Waals surface area contributed by atoms with Crippen molar-refractivity contribution in [1.29, 1.82) is 0 Å². The maximum Gasteiger partial charge on any atom is 0.315 e. The first-order chi connectivity index (χ1) is 9.66. The number of rotatable bonds is 7. The van der Waals surface area contributed by atoms with E-state index in [1.807, 2.05) is 24.3 Å². The number of hydrogen-bond acceptors (Lipinski definition) is 4. The van der Waals surface area contributed by atoms with Crippen molar-refractivity contribution in [3.8, 4) is 0 Å². The third-order valence-corrected chi connectivity index (χ3v) is 3.33. The number of hydrogen-bond donors (Lipinski definition) is 4. The lowest BCUT2D eigenvalue weighted by Gasteiger charge is -2.18. The summed E-state index contributed by atoms with van der Waals surface area (Å²) < 4.78 is 5.07. The third-order valence-electron chi connectivity index (χ3n) is 3.33. The smallest absolute Gasteiger partial charge is 0.315 e. The van der Waals surface area contributed by atoms with Crippen LogP contribution in [0.2, 0.25) is 0 Å². The topological polar surface area (TPSA) is 96.6 Å². The van der Waals surface area contributed by atoms with Crippen LogP contribution < -0.4 is 16.4 Å². The highest BCUT2D eigenvalue weighted by molar-refractivity contribution is 5.75. The monoisotopic (exact) mass is 279 g/mol. The molecule has 1 aliphatic carbocycles. The molecule has 1 aliphatic rings. The Labute approximate surface area is 118 Å². The predicted molar refractivity (Wildman–Crippen MR) is 76.2 cm³/mol. The molecule has 110 valence electrons. The summed E-state index contributed by atoms with van der Waals surface area (Å²) in [6.45, 7) is 1.09. The summed E-state index contributed by atoms with van der Waals surface area (Å²) in [6, 6.07) is 7.39. The van der Waals surface area contributed by atoms with E-state index in [-0.39, 0.29) is 18.2 Å². The summed E-state index contributed by atoms with van der Waals surface area (Å²) in [6.07, 6.45) is 1.87. The molecular weight excluding hydrogens is 258 g/mol. The fraction of sp³-hybridized carbons (Fsp3) is 0.500. The number of aliphatic hydroxyl groups is 1. The summed E-state index contributed by atoms with van der Waals surface area (Å²) in [4.78, 5) is 11.8. The molecule has 6 nitrogen and oxygen atoms in total. The van der Waals surface area contributed by atoms with Crippen LogP contribution in [0.4, 0.5) is 10.5 Å². The van der Waals surface area contributed by atoms with Gasteiger partial charge in [-0.1, -0.05) is 12.1 Å². The highest BCUT2D eigenvalue weighted by Gasteiger charge is 2.45.